The zero-order valence-corrected chi connectivity index (χ0v) is 11.5. The Hall–Kier alpha value is -2.04. The molecule has 2 rings (SSSR count). The molecule has 2 heterocycles. The van der Waals surface area contributed by atoms with E-state index in [1.165, 1.54) is 7.11 Å². The maximum absolute atomic E-state index is 11.8. The maximum atomic E-state index is 11.8. The standard InChI is InChI=1S/C14H19N3O2/c1-10(2)9-11(14(18)19-3)16-13-6-4-5-12-15-7-8-17(12)13/h4-8,10-11,16H,9H2,1-3H3. The fourth-order valence-corrected chi connectivity index (χ4v) is 2.07. The van der Waals surface area contributed by atoms with Crippen molar-refractivity contribution in [1.82, 2.24) is 9.38 Å². The van der Waals surface area contributed by atoms with Crippen molar-refractivity contribution in [1.29, 1.82) is 0 Å². The van der Waals surface area contributed by atoms with Crippen LogP contribution in [0, 0.1) is 5.92 Å². The summed E-state index contributed by atoms with van der Waals surface area (Å²) in [5.74, 6) is 0.996. The van der Waals surface area contributed by atoms with E-state index in [2.05, 4.69) is 24.1 Å². The van der Waals surface area contributed by atoms with E-state index in [1.54, 1.807) is 6.20 Å². The van der Waals surface area contributed by atoms with E-state index < -0.39 is 0 Å². The molecule has 102 valence electrons. The Bertz CT molecular complexity index is 563. The van der Waals surface area contributed by atoms with Crippen LogP contribution >= 0.6 is 0 Å². The Morgan fingerprint density at radius 1 is 1.47 bits per heavy atom. The highest BCUT2D eigenvalue weighted by Crippen LogP contribution is 2.16. The molecule has 0 saturated heterocycles. The number of hydrogen-bond donors (Lipinski definition) is 1. The van der Waals surface area contributed by atoms with Crippen LogP contribution in [0.4, 0.5) is 5.82 Å². The number of ether oxygens (including phenoxy) is 1. The van der Waals surface area contributed by atoms with Crippen LogP contribution in [0.15, 0.2) is 30.6 Å². The minimum absolute atomic E-state index is 0.245. The second-order valence-corrected chi connectivity index (χ2v) is 4.92. The second-order valence-electron chi connectivity index (χ2n) is 4.92. The number of carbonyl (C=O) groups excluding carboxylic acids is 1. The highest BCUT2D eigenvalue weighted by Gasteiger charge is 2.21. The van der Waals surface area contributed by atoms with Gasteiger partial charge in [-0.3, -0.25) is 4.40 Å². The number of pyridine rings is 1. The molecule has 0 aliphatic heterocycles. The predicted molar refractivity (Wildman–Crippen MR) is 74.1 cm³/mol. The van der Waals surface area contributed by atoms with E-state index in [4.69, 9.17) is 4.74 Å². The van der Waals surface area contributed by atoms with Crippen molar-refractivity contribution in [2.75, 3.05) is 12.4 Å². The fourth-order valence-electron chi connectivity index (χ4n) is 2.07. The molecule has 0 spiro atoms. The number of fused-ring (bicyclic) bond motifs is 1. The number of rotatable bonds is 5. The van der Waals surface area contributed by atoms with Gasteiger partial charge in [-0.1, -0.05) is 19.9 Å². The Morgan fingerprint density at radius 3 is 2.95 bits per heavy atom. The molecule has 0 amide bonds. The third kappa shape index (κ3) is 3.05. The summed E-state index contributed by atoms with van der Waals surface area (Å²) in [5, 5.41) is 3.24. The van der Waals surface area contributed by atoms with E-state index >= 15 is 0 Å². The molecule has 0 radical (unpaired) electrons. The first-order valence-electron chi connectivity index (χ1n) is 6.38. The van der Waals surface area contributed by atoms with Gasteiger partial charge in [-0.05, 0) is 24.5 Å². The predicted octanol–water partition coefficient (Wildman–Crippen LogP) is 2.33. The number of esters is 1. The van der Waals surface area contributed by atoms with E-state index in [9.17, 15) is 4.79 Å². The van der Waals surface area contributed by atoms with Crippen LogP contribution in [0.25, 0.3) is 5.65 Å². The molecule has 2 aromatic rings. The number of nitrogens with zero attached hydrogens (tertiary/aromatic N) is 2. The number of anilines is 1. The summed E-state index contributed by atoms with van der Waals surface area (Å²) in [6.45, 7) is 4.16. The molecule has 0 fully saturated rings. The summed E-state index contributed by atoms with van der Waals surface area (Å²) < 4.78 is 6.77. The summed E-state index contributed by atoms with van der Waals surface area (Å²) in [6.07, 6.45) is 4.31. The number of nitrogens with one attached hydrogen (secondary N) is 1. The lowest BCUT2D eigenvalue weighted by atomic mass is 10.0. The number of carbonyl (C=O) groups is 1. The van der Waals surface area contributed by atoms with Crippen molar-refractivity contribution >= 4 is 17.4 Å². The van der Waals surface area contributed by atoms with Crippen LogP contribution in [-0.2, 0) is 9.53 Å². The van der Waals surface area contributed by atoms with Crippen LogP contribution in [0.1, 0.15) is 20.3 Å². The van der Waals surface area contributed by atoms with Crippen molar-refractivity contribution in [3.8, 4) is 0 Å². The monoisotopic (exact) mass is 261 g/mol. The largest absolute Gasteiger partial charge is 0.467 e. The molecule has 1 unspecified atom stereocenters. The van der Waals surface area contributed by atoms with E-state index in [0.717, 1.165) is 17.9 Å². The summed E-state index contributed by atoms with van der Waals surface area (Å²) in [6, 6.07) is 5.40. The molecule has 0 saturated carbocycles. The first kappa shape index (κ1) is 13.4. The van der Waals surface area contributed by atoms with Crippen molar-refractivity contribution in [3.05, 3.63) is 30.6 Å². The normalized spacial score (nSPS) is 12.6. The van der Waals surface area contributed by atoms with Gasteiger partial charge in [0.05, 0.1) is 7.11 Å². The van der Waals surface area contributed by atoms with Gasteiger partial charge < -0.3 is 10.1 Å². The van der Waals surface area contributed by atoms with Gasteiger partial charge >= 0.3 is 5.97 Å². The van der Waals surface area contributed by atoms with Crippen molar-refractivity contribution < 1.29 is 9.53 Å². The molecule has 0 aromatic carbocycles. The molecular weight excluding hydrogens is 242 g/mol. The molecule has 0 aliphatic rings. The van der Waals surface area contributed by atoms with Crippen LogP contribution in [-0.4, -0.2) is 28.5 Å². The van der Waals surface area contributed by atoms with E-state index in [1.807, 2.05) is 28.8 Å². The van der Waals surface area contributed by atoms with Crippen LogP contribution < -0.4 is 5.32 Å². The van der Waals surface area contributed by atoms with Gasteiger partial charge in [0.15, 0.2) is 0 Å². The SMILES string of the molecule is COC(=O)C(CC(C)C)Nc1cccc2nccn12. The average molecular weight is 261 g/mol. The van der Waals surface area contributed by atoms with Gasteiger partial charge in [0.1, 0.15) is 17.5 Å². The highest BCUT2D eigenvalue weighted by molar-refractivity contribution is 5.79. The zero-order valence-electron chi connectivity index (χ0n) is 11.5. The van der Waals surface area contributed by atoms with Crippen LogP contribution in [0.2, 0.25) is 0 Å². The van der Waals surface area contributed by atoms with Gasteiger partial charge in [-0.2, -0.15) is 0 Å². The second kappa shape index (κ2) is 5.73. The van der Waals surface area contributed by atoms with Crippen molar-refractivity contribution in [2.24, 2.45) is 5.92 Å². The Balaban J connectivity index is 2.25. The molecule has 5 nitrogen and oxygen atoms in total. The average Bonchev–Trinajstić information content (AvgIpc) is 2.85. The number of imidazole rings is 1. The molecular formula is C14H19N3O2. The van der Waals surface area contributed by atoms with Crippen LogP contribution in [0.5, 0.6) is 0 Å². The summed E-state index contributed by atoms with van der Waals surface area (Å²) >= 11 is 0. The number of aromatic nitrogens is 2. The molecule has 0 aliphatic carbocycles. The molecule has 2 aromatic heterocycles. The number of methoxy groups -OCH3 is 1. The highest BCUT2D eigenvalue weighted by atomic mass is 16.5. The number of hydrogen-bond acceptors (Lipinski definition) is 4. The van der Waals surface area contributed by atoms with Gasteiger partial charge in [-0.25, -0.2) is 9.78 Å². The molecule has 5 heteroatoms. The van der Waals surface area contributed by atoms with Gasteiger partial charge in [-0.15, -0.1) is 0 Å². The Kier molecular flexibility index (Phi) is 4.04. The summed E-state index contributed by atoms with van der Waals surface area (Å²) in [7, 11) is 1.41. The first-order valence-corrected chi connectivity index (χ1v) is 6.38. The maximum Gasteiger partial charge on any atom is 0.328 e. The van der Waals surface area contributed by atoms with Gasteiger partial charge in [0, 0.05) is 12.4 Å². The summed E-state index contributed by atoms with van der Waals surface area (Å²) in [4.78, 5) is 16.0. The lowest BCUT2D eigenvalue weighted by molar-refractivity contribution is -0.141. The smallest absolute Gasteiger partial charge is 0.328 e. The van der Waals surface area contributed by atoms with Gasteiger partial charge in [0.25, 0.3) is 0 Å². The summed E-state index contributed by atoms with van der Waals surface area (Å²) in [5.41, 5.74) is 0.846. The molecule has 1 atom stereocenters. The first-order chi connectivity index (χ1) is 9.11. The Morgan fingerprint density at radius 2 is 2.26 bits per heavy atom. The lowest BCUT2D eigenvalue weighted by Gasteiger charge is -2.20. The minimum atomic E-state index is -0.349. The van der Waals surface area contributed by atoms with Crippen molar-refractivity contribution in [2.45, 2.75) is 26.3 Å². The molecule has 19 heavy (non-hydrogen) atoms. The minimum Gasteiger partial charge on any atom is -0.467 e. The van der Waals surface area contributed by atoms with E-state index in [-0.39, 0.29) is 12.0 Å². The quantitative estimate of drug-likeness (QED) is 0.839. The third-order valence-corrected chi connectivity index (χ3v) is 2.94. The van der Waals surface area contributed by atoms with Gasteiger partial charge in [0.2, 0.25) is 0 Å². The third-order valence-electron chi connectivity index (χ3n) is 2.94. The zero-order chi connectivity index (χ0) is 13.8. The molecule has 0 bridgehead atoms. The lowest BCUT2D eigenvalue weighted by Crippen LogP contribution is -2.32. The fraction of sp³-hybridized carbons (Fsp3) is 0.429. The van der Waals surface area contributed by atoms with Crippen LogP contribution in [0.3, 0.4) is 0 Å². The van der Waals surface area contributed by atoms with E-state index in [0.29, 0.717) is 5.92 Å². The topological polar surface area (TPSA) is 55.6 Å². The molecule has 1 N–H and O–H groups in total. The van der Waals surface area contributed by atoms with Crippen molar-refractivity contribution in [3.63, 3.8) is 0 Å². The Labute approximate surface area is 112 Å².